The Bertz CT molecular complexity index is 724. The molecular formula is C16H10ClFOS. The van der Waals surface area contributed by atoms with Crippen LogP contribution in [0.15, 0.2) is 52.9 Å². The van der Waals surface area contributed by atoms with Crippen LogP contribution in [-0.4, -0.2) is 11.5 Å². The molecule has 1 aliphatic rings. The minimum absolute atomic E-state index is 0.0136. The standard InChI is InChI=1S/C16H10ClFOS/c17-14-8-12(18)6-5-10(14)7-11-9-20-15-4-2-1-3-13(15)16(11)19/h1-8H,9H2/b11-7+. The summed E-state index contributed by atoms with van der Waals surface area (Å²) in [6.07, 6.45) is 1.74. The Hall–Kier alpha value is -1.58. The first-order chi connectivity index (χ1) is 9.65. The summed E-state index contributed by atoms with van der Waals surface area (Å²) in [5.74, 6) is 0.232. The Kier molecular flexibility index (Phi) is 3.64. The van der Waals surface area contributed by atoms with Gasteiger partial charge in [0.05, 0.1) is 5.02 Å². The molecule has 1 heterocycles. The van der Waals surface area contributed by atoms with Crippen LogP contribution in [0.2, 0.25) is 5.02 Å². The molecule has 0 saturated carbocycles. The lowest BCUT2D eigenvalue weighted by molar-refractivity contribution is 0.103. The smallest absolute Gasteiger partial charge is 0.191 e. The van der Waals surface area contributed by atoms with E-state index in [1.165, 1.54) is 12.1 Å². The number of hydrogen-bond acceptors (Lipinski definition) is 2. The summed E-state index contributed by atoms with van der Waals surface area (Å²) >= 11 is 7.62. The molecule has 0 N–H and O–H groups in total. The van der Waals surface area contributed by atoms with Crippen molar-refractivity contribution in [2.45, 2.75) is 4.90 Å². The van der Waals surface area contributed by atoms with Crippen molar-refractivity contribution in [3.63, 3.8) is 0 Å². The summed E-state index contributed by atoms with van der Waals surface area (Å²) in [7, 11) is 0. The van der Waals surface area contributed by atoms with Crippen LogP contribution in [0.5, 0.6) is 0 Å². The number of benzene rings is 2. The molecule has 0 amide bonds. The number of Topliss-reactive ketones (excluding diaryl/α,β-unsaturated/α-hetero) is 1. The van der Waals surface area contributed by atoms with E-state index in [-0.39, 0.29) is 11.6 Å². The van der Waals surface area contributed by atoms with E-state index in [4.69, 9.17) is 11.6 Å². The van der Waals surface area contributed by atoms with Crippen LogP contribution in [0.3, 0.4) is 0 Å². The van der Waals surface area contributed by atoms with Crippen LogP contribution in [0.4, 0.5) is 4.39 Å². The van der Waals surface area contributed by atoms with Crippen LogP contribution < -0.4 is 0 Å². The van der Waals surface area contributed by atoms with Crippen LogP contribution in [-0.2, 0) is 0 Å². The summed E-state index contributed by atoms with van der Waals surface area (Å²) in [6, 6.07) is 11.7. The van der Waals surface area contributed by atoms with Crippen LogP contribution in [0, 0.1) is 5.82 Å². The quantitative estimate of drug-likeness (QED) is 0.700. The third-order valence-corrected chi connectivity index (χ3v) is 4.55. The Labute approximate surface area is 125 Å². The highest BCUT2D eigenvalue weighted by atomic mass is 35.5. The van der Waals surface area contributed by atoms with E-state index in [2.05, 4.69) is 0 Å². The van der Waals surface area contributed by atoms with E-state index in [1.54, 1.807) is 23.9 Å². The second-order valence-corrected chi connectivity index (χ2v) is 5.87. The number of carbonyl (C=O) groups excluding carboxylic acids is 1. The van der Waals surface area contributed by atoms with E-state index >= 15 is 0 Å². The monoisotopic (exact) mass is 304 g/mol. The average Bonchev–Trinajstić information content (AvgIpc) is 2.45. The predicted octanol–water partition coefficient (Wildman–Crippen LogP) is 4.85. The Morgan fingerprint density at radius 3 is 2.80 bits per heavy atom. The largest absolute Gasteiger partial charge is 0.289 e. The summed E-state index contributed by atoms with van der Waals surface area (Å²) in [6.45, 7) is 0. The fourth-order valence-electron chi connectivity index (χ4n) is 2.09. The number of ketones is 1. The molecule has 0 radical (unpaired) electrons. The van der Waals surface area contributed by atoms with Gasteiger partial charge < -0.3 is 0 Å². The molecule has 2 aromatic carbocycles. The molecule has 0 bridgehead atoms. The van der Waals surface area contributed by atoms with E-state index < -0.39 is 0 Å². The molecule has 0 aliphatic carbocycles. The van der Waals surface area contributed by atoms with Crippen LogP contribution >= 0.6 is 23.4 Å². The van der Waals surface area contributed by atoms with Gasteiger partial charge in [0.1, 0.15) is 5.82 Å². The van der Waals surface area contributed by atoms with Crippen molar-refractivity contribution < 1.29 is 9.18 Å². The van der Waals surface area contributed by atoms with Gasteiger partial charge in [-0.25, -0.2) is 4.39 Å². The maximum absolute atomic E-state index is 13.0. The highest BCUT2D eigenvalue weighted by Crippen LogP contribution is 2.33. The van der Waals surface area contributed by atoms with Gasteiger partial charge in [-0.15, -0.1) is 11.8 Å². The molecule has 0 spiro atoms. The summed E-state index contributed by atoms with van der Waals surface area (Å²) in [5.41, 5.74) is 2.06. The van der Waals surface area contributed by atoms with Gasteiger partial charge >= 0.3 is 0 Å². The second kappa shape index (κ2) is 5.43. The summed E-state index contributed by atoms with van der Waals surface area (Å²) < 4.78 is 13.0. The van der Waals surface area contributed by atoms with E-state index in [9.17, 15) is 9.18 Å². The first-order valence-corrected chi connectivity index (χ1v) is 7.43. The lowest BCUT2D eigenvalue weighted by atomic mass is 10.0. The molecule has 0 atom stereocenters. The van der Waals surface area contributed by atoms with Crippen molar-refractivity contribution in [3.05, 3.63) is 70.0 Å². The SMILES string of the molecule is O=C1/C(=C/c2ccc(F)cc2Cl)CSc2ccccc21. The molecule has 0 unspecified atom stereocenters. The fourth-order valence-corrected chi connectivity index (χ4v) is 3.33. The molecule has 20 heavy (non-hydrogen) atoms. The van der Waals surface area contributed by atoms with Gasteiger partial charge in [-0.2, -0.15) is 0 Å². The van der Waals surface area contributed by atoms with E-state index in [1.807, 2.05) is 24.3 Å². The number of rotatable bonds is 1. The van der Waals surface area contributed by atoms with Gasteiger partial charge in [0, 0.05) is 21.8 Å². The summed E-state index contributed by atoms with van der Waals surface area (Å²) in [4.78, 5) is 13.4. The van der Waals surface area contributed by atoms with Crippen molar-refractivity contribution in [2.24, 2.45) is 0 Å². The minimum atomic E-state index is -0.383. The number of fused-ring (bicyclic) bond motifs is 1. The summed E-state index contributed by atoms with van der Waals surface area (Å²) in [5, 5.41) is 0.314. The van der Waals surface area contributed by atoms with Gasteiger partial charge in [0.2, 0.25) is 0 Å². The molecule has 0 saturated heterocycles. The number of hydrogen-bond donors (Lipinski definition) is 0. The van der Waals surface area contributed by atoms with Crippen molar-refractivity contribution >= 4 is 35.2 Å². The Morgan fingerprint density at radius 1 is 1.20 bits per heavy atom. The van der Waals surface area contributed by atoms with Gasteiger partial charge in [-0.1, -0.05) is 29.8 Å². The fraction of sp³-hybridized carbons (Fsp3) is 0.0625. The molecule has 0 aromatic heterocycles. The number of halogens is 2. The lowest BCUT2D eigenvalue weighted by Crippen LogP contribution is -2.12. The van der Waals surface area contributed by atoms with Gasteiger partial charge in [-0.3, -0.25) is 4.79 Å². The molecular weight excluding hydrogens is 295 g/mol. The van der Waals surface area contributed by atoms with Gasteiger partial charge in [-0.05, 0) is 35.9 Å². The molecule has 1 aliphatic heterocycles. The van der Waals surface area contributed by atoms with Crippen molar-refractivity contribution in [3.8, 4) is 0 Å². The second-order valence-electron chi connectivity index (χ2n) is 4.45. The zero-order chi connectivity index (χ0) is 14.1. The highest BCUT2D eigenvalue weighted by Gasteiger charge is 2.22. The normalized spacial score (nSPS) is 16.3. The third kappa shape index (κ3) is 2.51. The highest BCUT2D eigenvalue weighted by molar-refractivity contribution is 7.99. The molecule has 0 fully saturated rings. The topological polar surface area (TPSA) is 17.1 Å². The average molecular weight is 305 g/mol. The van der Waals surface area contributed by atoms with E-state index in [0.29, 0.717) is 27.5 Å². The molecule has 2 aromatic rings. The number of carbonyl (C=O) groups is 1. The predicted molar refractivity (Wildman–Crippen MR) is 80.9 cm³/mol. The zero-order valence-electron chi connectivity index (χ0n) is 10.4. The Morgan fingerprint density at radius 2 is 2.00 bits per heavy atom. The number of thioether (sulfide) groups is 1. The molecule has 4 heteroatoms. The molecule has 1 nitrogen and oxygen atoms in total. The van der Waals surface area contributed by atoms with Gasteiger partial charge in [0.15, 0.2) is 5.78 Å². The third-order valence-electron chi connectivity index (χ3n) is 3.10. The van der Waals surface area contributed by atoms with E-state index in [0.717, 1.165) is 4.90 Å². The van der Waals surface area contributed by atoms with Crippen molar-refractivity contribution in [1.29, 1.82) is 0 Å². The first-order valence-electron chi connectivity index (χ1n) is 6.07. The molecule has 3 rings (SSSR count). The van der Waals surface area contributed by atoms with Crippen LogP contribution in [0.1, 0.15) is 15.9 Å². The van der Waals surface area contributed by atoms with Crippen molar-refractivity contribution in [2.75, 3.05) is 5.75 Å². The first kappa shape index (κ1) is 13.4. The van der Waals surface area contributed by atoms with Crippen LogP contribution in [0.25, 0.3) is 6.08 Å². The minimum Gasteiger partial charge on any atom is -0.289 e. The Balaban J connectivity index is 2.00. The molecule has 100 valence electrons. The zero-order valence-corrected chi connectivity index (χ0v) is 12.0. The maximum atomic E-state index is 13.0. The van der Waals surface area contributed by atoms with Crippen molar-refractivity contribution in [1.82, 2.24) is 0 Å². The maximum Gasteiger partial charge on any atom is 0.191 e. The lowest BCUT2D eigenvalue weighted by Gasteiger charge is -2.16. The van der Waals surface area contributed by atoms with Gasteiger partial charge in [0.25, 0.3) is 0 Å².